The molecule has 1 aromatic carbocycles. The van der Waals surface area contributed by atoms with Gasteiger partial charge in [0, 0.05) is 24.2 Å². The van der Waals surface area contributed by atoms with Crippen LogP contribution in [-0.4, -0.2) is 24.8 Å². The zero-order valence-corrected chi connectivity index (χ0v) is 9.99. The average molecular weight is 248 g/mol. The number of nitrogens with zero attached hydrogens (tertiary/aromatic N) is 4. The third kappa shape index (κ3) is 1.95. The molecule has 2 aromatic rings. The van der Waals surface area contributed by atoms with Gasteiger partial charge in [0.15, 0.2) is 11.6 Å². The highest BCUT2D eigenvalue weighted by atomic mass is 16.6. The van der Waals surface area contributed by atoms with E-state index in [1.165, 1.54) is 6.07 Å². The van der Waals surface area contributed by atoms with Gasteiger partial charge in [0.1, 0.15) is 6.61 Å². The molecule has 0 aliphatic carbocycles. The van der Waals surface area contributed by atoms with Crippen molar-refractivity contribution in [1.29, 1.82) is 0 Å². The molecule has 1 aromatic heterocycles. The summed E-state index contributed by atoms with van der Waals surface area (Å²) in [6, 6.07) is 4.87. The van der Waals surface area contributed by atoms with E-state index in [1.54, 1.807) is 30.7 Å². The molecule has 1 N–H and O–H groups in total. The SMILES string of the molecule is Cc1ccc(-c2nnc(CO)n2C)cc1[N+](=O)[O-]. The molecular weight excluding hydrogens is 236 g/mol. The van der Waals surface area contributed by atoms with Crippen molar-refractivity contribution in [1.82, 2.24) is 14.8 Å². The predicted octanol–water partition coefficient (Wildman–Crippen LogP) is 1.19. The van der Waals surface area contributed by atoms with E-state index >= 15 is 0 Å². The maximum Gasteiger partial charge on any atom is 0.273 e. The molecule has 0 aliphatic rings. The van der Waals surface area contributed by atoms with Gasteiger partial charge in [-0.1, -0.05) is 12.1 Å². The van der Waals surface area contributed by atoms with Crippen molar-refractivity contribution in [3.05, 3.63) is 39.7 Å². The molecule has 0 spiro atoms. The number of nitro groups is 1. The summed E-state index contributed by atoms with van der Waals surface area (Å²) in [5.41, 5.74) is 1.23. The molecule has 0 saturated carbocycles. The molecule has 7 heteroatoms. The van der Waals surface area contributed by atoms with Crippen LogP contribution in [-0.2, 0) is 13.7 Å². The second kappa shape index (κ2) is 4.53. The van der Waals surface area contributed by atoms with Crippen molar-refractivity contribution in [2.75, 3.05) is 0 Å². The van der Waals surface area contributed by atoms with Gasteiger partial charge in [-0.3, -0.25) is 10.1 Å². The van der Waals surface area contributed by atoms with Gasteiger partial charge in [-0.15, -0.1) is 10.2 Å². The molecule has 0 saturated heterocycles. The minimum Gasteiger partial charge on any atom is -0.388 e. The summed E-state index contributed by atoms with van der Waals surface area (Å²) in [6.45, 7) is 1.45. The van der Waals surface area contributed by atoms with E-state index in [4.69, 9.17) is 5.11 Å². The van der Waals surface area contributed by atoms with Crippen LogP contribution in [0.5, 0.6) is 0 Å². The molecular formula is C11H12N4O3. The summed E-state index contributed by atoms with van der Waals surface area (Å²) < 4.78 is 1.61. The Kier molecular flexibility index (Phi) is 3.07. The highest BCUT2D eigenvalue weighted by molar-refractivity contribution is 5.61. The van der Waals surface area contributed by atoms with Gasteiger partial charge >= 0.3 is 0 Å². The van der Waals surface area contributed by atoms with Gasteiger partial charge in [-0.25, -0.2) is 0 Å². The number of benzene rings is 1. The van der Waals surface area contributed by atoms with E-state index in [-0.39, 0.29) is 12.3 Å². The summed E-state index contributed by atoms with van der Waals surface area (Å²) in [6.07, 6.45) is 0. The van der Waals surface area contributed by atoms with Gasteiger partial charge in [0.2, 0.25) is 0 Å². The van der Waals surface area contributed by atoms with Crippen LogP contribution in [0.3, 0.4) is 0 Å². The van der Waals surface area contributed by atoms with Crippen LogP contribution in [0.25, 0.3) is 11.4 Å². The Morgan fingerprint density at radius 1 is 1.44 bits per heavy atom. The number of aliphatic hydroxyl groups excluding tert-OH is 1. The van der Waals surface area contributed by atoms with Gasteiger partial charge in [0.05, 0.1) is 4.92 Å². The molecule has 0 fully saturated rings. The molecule has 0 amide bonds. The molecule has 0 atom stereocenters. The smallest absolute Gasteiger partial charge is 0.273 e. The molecule has 0 radical (unpaired) electrons. The molecule has 7 nitrogen and oxygen atoms in total. The standard InChI is InChI=1S/C11H12N4O3/c1-7-3-4-8(5-9(7)15(17)18)11-13-12-10(6-16)14(11)2/h3-5,16H,6H2,1-2H3. The van der Waals surface area contributed by atoms with Crippen LogP contribution in [0.2, 0.25) is 0 Å². The Morgan fingerprint density at radius 2 is 2.17 bits per heavy atom. The van der Waals surface area contributed by atoms with Crippen LogP contribution in [0.1, 0.15) is 11.4 Å². The van der Waals surface area contributed by atoms with E-state index < -0.39 is 4.92 Å². The van der Waals surface area contributed by atoms with E-state index in [1.807, 2.05) is 0 Å². The molecule has 0 bridgehead atoms. The van der Waals surface area contributed by atoms with E-state index in [2.05, 4.69) is 10.2 Å². The van der Waals surface area contributed by atoms with Crippen molar-refractivity contribution < 1.29 is 10.0 Å². The van der Waals surface area contributed by atoms with Gasteiger partial charge < -0.3 is 9.67 Å². The fraction of sp³-hybridized carbons (Fsp3) is 0.273. The van der Waals surface area contributed by atoms with E-state index in [0.29, 0.717) is 22.8 Å². The second-order valence-corrected chi connectivity index (χ2v) is 3.92. The molecule has 2 rings (SSSR count). The number of aromatic nitrogens is 3. The minimum absolute atomic E-state index is 0.0426. The summed E-state index contributed by atoms with van der Waals surface area (Å²) in [5, 5.41) is 27.6. The highest BCUT2D eigenvalue weighted by Gasteiger charge is 2.15. The molecule has 1 heterocycles. The fourth-order valence-corrected chi connectivity index (χ4v) is 1.70. The van der Waals surface area contributed by atoms with E-state index in [9.17, 15) is 10.1 Å². The van der Waals surface area contributed by atoms with Crippen molar-refractivity contribution in [2.45, 2.75) is 13.5 Å². The van der Waals surface area contributed by atoms with Crippen LogP contribution >= 0.6 is 0 Å². The van der Waals surface area contributed by atoms with Gasteiger partial charge in [-0.05, 0) is 6.92 Å². The number of hydrogen-bond acceptors (Lipinski definition) is 5. The first-order valence-electron chi connectivity index (χ1n) is 5.29. The molecule has 18 heavy (non-hydrogen) atoms. The summed E-state index contributed by atoms with van der Waals surface area (Å²) in [7, 11) is 1.70. The number of nitro benzene ring substituents is 1. The molecule has 94 valence electrons. The molecule has 0 unspecified atom stereocenters. The van der Waals surface area contributed by atoms with Crippen LogP contribution in [0.15, 0.2) is 18.2 Å². The first kappa shape index (κ1) is 12.2. The third-order valence-corrected chi connectivity index (χ3v) is 2.77. The highest BCUT2D eigenvalue weighted by Crippen LogP contribution is 2.25. The van der Waals surface area contributed by atoms with Crippen LogP contribution < -0.4 is 0 Å². The van der Waals surface area contributed by atoms with Crippen molar-refractivity contribution in [2.24, 2.45) is 7.05 Å². The Labute approximate surface area is 103 Å². The Morgan fingerprint density at radius 3 is 2.72 bits per heavy atom. The normalized spacial score (nSPS) is 10.6. The lowest BCUT2D eigenvalue weighted by Gasteiger charge is -2.03. The lowest BCUT2D eigenvalue weighted by atomic mass is 10.1. The Bertz CT molecular complexity index is 606. The second-order valence-electron chi connectivity index (χ2n) is 3.92. The third-order valence-electron chi connectivity index (χ3n) is 2.77. The van der Waals surface area contributed by atoms with Crippen molar-refractivity contribution in [3.8, 4) is 11.4 Å². The number of hydrogen-bond donors (Lipinski definition) is 1. The maximum absolute atomic E-state index is 10.9. The predicted molar refractivity (Wildman–Crippen MR) is 63.8 cm³/mol. The Balaban J connectivity index is 2.54. The number of rotatable bonds is 3. The topological polar surface area (TPSA) is 94.1 Å². The lowest BCUT2D eigenvalue weighted by molar-refractivity contribution is -0.385. The zero-order valence-electron chi connectivity index (χ0n) is 9.99. The fourth-order valence-electron chi connectivity index (χ4n) is 1.70. The Hall–Kier alpha value is -2.28. The first-order chi connectivity index (χ1) is 8.54. The zero-order chi connectivity index (χ0) is 13.3. The number of aliphatic hydroxyl groups is 1. The quantitative estimate of drug-likeness (QED) is 0.650. The van der Waals surface area contributed by atoms with Crippen molar-refractivity contribution in [3.63, 3.8) is 0 Å². The summed E-state index contributed by atoms with van der Waals surface area (Å²) in [5.74, 6) is 0.898. The lowest BCUT2D eigenvalue weighted by Crippen LogP contribution is -2.00. The van der Waals surface area contributed by atoms with Crippen molar-refractivity contribution >= 4 is 5.69 Å². The monoisotopic (exact) mass is 248 g/mol. The van der Waals surface area contributed by atoms with Gasteiger partial charge in [-0.2, -0.15) is 0 Å². The first-order valence-corrected chi connectivity index (χ1v) is 5.29. The largest absolute Gasteiger partial charge is 0.388 e. The minimum atomic E-state index is -0.428. The summed E-state index contributed by atoms with van der Waals surface area (Å²) in [4.78, 5) is 10.4. The van der Waals surface area contributed by atoms with Gasteiger partial charge in [0.25, 0.3) is 5.69 Å². The van der Waals surface area contributed by atoms with E-state index in [0.717, 1.165) is 0 Å². The number of aryl methyl sites for hydroxylation is 1. The average Bonchev–Trinajstić information content (AvgIpc) is 2.71. The molecule has 0 aliphatic heterocycles. The van der Waals surface area contributed by atoms with Crippen LogP contribution in [0.4, 0.5) is 5.69 Å². The maximum atomic E-state index is 10.9. The summed E-state index contributed by atoms with van der Waals surface area (Å²) >= 11 is 0. The van der Waals surface area contributed by atoms with Crippen LogP contribution in [0, 0.1) is 17.0 Å².